The molecular weight excluding hydrogens is 278 g/mol. The van der Waals surface area contributed by atoms with E-state index in [-0.39, 0.29) is 17.9 Å². The van der Waals surface area contributed by atoms with Crippen molar-refractivity contribution in [3.8, 4) is 0 Å². The van der Waals surface area contributed by atoms with Crippen molar-refractivity contribution in [3.63, 3.8) is 0 Å². The van der Waals surface area contributed by atoms with Gasteiger partial charge in [0, 0.05) is 17.5 Å². The van der Waals surface area contributed by atoms with Crippen molar-refractivity contribution < 1.29 is 9.53 Å². The van der Waals surface area contributed by atoms with E-state index in [1.54, 1.807) is 13.8 Å². The summed E-state index contributed by atoms with van der Waals surface area (Å²) in [6.07, 6.45) is 1.66. The zero-order chi connectivity index (χ0) is 15.2. The van der Waals surface area contributed by atoms with Gasteiger partial charge in [-0.3, -0.25) is 9.59 Å². The van der Waals surface area contributed by atoms with Gasteiger partial charge in [0.15, 0.2) is 5.16 Å². The third kappa shape index (κ3) is 4.97. The van der Waals surface area contributed by atoms with E-state index in [1.165, 1.54) is 17.8 Å². The summed E-state index contributed by atoms with van der Waals surface area (Å²) in [6, 6.07) is 1.49. The van der Waals surface area contributed by atoms with Crippen LogP contribution in [0.5, 0.6) is 0 Å². The molecule has 20 heavy (non-hydrogen) atoms. The van der Waals surface area contributed by atoms with Gasteiger partial charge in [0.25, 0.3) is 5.56 Å². The number of nitrogens with two attached hydrogens (primary N) is 1. The predicted octanol–water partition coefficient (Wildman–Crippen LogP) is 1.09. The van der Waals surface area contributed by atoms with E-state index in [0.717, 1.165) is 18.5 Å². The van der Waals surface area contributed by atoms with Crippen molar-refractivity contribution in [1.82, 2.24) is 9.97 Å². The molecule has 1 rings (SSSR count). The molecule has 0 spiro atoms. The minimum absolute atomic E-state index is 0.194. The van der Waals surface area contributed by atoms with E-state index < -0.39 is 11.5 Å². The number of carbonyl (C=O) groups is 1. The number of H-pyrrole nitrogens is 1. The first-order chi connectivity index (χ1) is 9.39. The molecular formula is C13H21N3O3S. The molecule has 1 aromatic rings. The highest BCUT2D eigenvalue weighted by molar-refractivity contribution is 7.99. The molecule has 112 valence electrons. The van der Waals surface area contributed by atoms with Crippen LogP contribution < -0.4 is 11.3 Å². The summed E-state index contributed by atoms with van der Waals surface area (Å²) in [5.74, 6) is -0.177. The van der Waals surface area contributed by atoms with E-state index in [9.17, 15) is 9.59 Å². The Morgan fingerprint density at radius 1 is 1.55 bits per heavy atom. The van der Waals surface area contributed by atoms with Crippen LogP contribution in [0.4, 0.5) is 0 Å². The molecule has 0 saturated carbocycles. The van der Waals surface area contributed by atoms with Crippen LogP contribution in [0.1, 0.15) is 32.9 Å². The van der Waals surface area contributed by atoms with Crippen LogP contribution >= 0.6 is 11.8 Å². The first kappa shape index (κ1) is 16.7. The molecule has 1 atom stereocenters. The average molecular weight is 299 g/mol. The molecule has 0 aliphatic carbocycles. The molecule has 0 fully saturated rings. The maximum absolute atomic E-state index is 11.7. The number of esters is 1. The number of thioether (sulfide) groups is 1. The first-order valence-corrected chi connectivity index (χ1v) is 7.56. The van der Waals surface area contributed by atoms with Gasteiger partial charge in [0.2, 0.25) is 0 Å². The molecule has 1 aromatic heterocycles. The molecule has 7 heteroatoms. The van der Waals surface area contributed by atoms with E-state index in [2.05, 4.69) is 9.97 Å². The number of aromatic amines is 1. The third-order valence-corrected chi connectivity index (χ3v) is 3.74. The van der Waals surface area contributed by atoms with Gasteiger partial charge in [-0.15, -0.1) is 0 Å². The highest BCUT2D eigenvalue weighted by Crippen LogP contribution is 2.18. The number of nitrogens with one attached hydrogen (secondary N) is 1. The molecule has 1 heterocycles. The van der Waals surface area contributed by atoms with Gasteiger partial charge in [-0.2, -0.15) is 0 Å². The summed E-state index contributed by atoms with van der Waals surface area (Å²) in [7, 11) is 0. The number of aromatic nitrogens is 2. The highest BCUT2D eigenvalue weighted by Gasteiger charge is 2.30. The van der Waals surface area contributed by atoms with Crippen LogP contribution in [-0.4, -0.2) is 33.8 Å². The van der Waals surface area contributed by atoms with Gasteiger partial charge in [-0.05, 0) is 20.3 Å². The second-order valence-corrected chi connectivity index (χ2v) is 5.68. The molecule has 0 bridgehead atoms. The number of carbonyl (C=O) groups excluding carboxylic acids is 1. The Kier molecular flexibility index (Phi) is 6.22. The number of hydrogen-bond acceptors (Lipinski definition) is 6. The predicted molar refractivity (Wildman–Crippen MR) is 78.8 cm³/mol. The summed E-state index contributed by atoms with van der Waals surface area (Å²) >= 11 is 1.24. The molecule has 1 unspecified atom stereocenters. The topological polar surface area (TPSA) is 98.1 Å². The van der Waals surface area contributed by atoms with Gasteiger partial charge >= 0.3 is 5.97 Å². The summed E-state index contributed by atoms with van der Waals surface area (Å²) in [4.78, 5) is 30.2. The van der Waals surface area contributed by atoms with Crippen LogP contribution in [-0.2, 0) is 16.0 Å². The van der Waals surface area contributed by atoms with Gasteiger partial charge in [0.05, 0.1) is 6.61 Å². The largest absolute Gasteiger partial charge is 0.465 e. The van der Waals surface area contributed by atoms with E-state index >= 15 is 0 Å². The lowest BCUT2D eigenvalue weighted by Gasteiger charge is -2.21. The lowest BCUT2D eigenvalue weighted by molar-refractivity contribution is -0.148. The monoisotopic (exact) mass is 299 g/mol. The average Bonchev–Trinajstić information content (AvgIpc) is 2.36. The lowest BCUT2D eigenvalue weighted by atomic mass is 10.1. The fourth-order valence-corrected chi connectivity index (χ4v) is 2.42. The summed E-state index contributed by atoms with van der Waals surface area (Å²) < 4.78 is 4.91. The summed E-state index contributed by atoms with van der Waals surface area (Å²) in [5.41, 5.74) is 5.35. The van der Waals surface area contributed by atoms with Crippen molar-refractivity contribution in [2.75, 3.05) is 12.4 Å². The highest BCUT2D eigenvalue weighted by atomic mass is 32.2. The van der Waals surface area contributed by atoms with Crippen molar-refractivity contribution in [1.29, 1.82) is 0 Å². The van der Waals surface area contributed by atoms with Gasteiger partial charge in [-0.1, -0.05) is 25.1 Å². The lowest BCUT2D eigenvalue weighted by Crippen LogP contribution is -2.48. The molecule has 6 nitrogen and oxygen atoms in total. The van der Waals surface area contributed by atoms with Crippen LogP contribution in [0.25, 0.3) is 0 Å². The first-order valence-electron chi connectivity index (χ1n) is 6.58. The quantitative estimate of drug-likeness (QED) is 0.444. The summed E-state index contributed by atoms with van der Waals surface area (Å²) in [5, 5.41) is 0.474. The van der Waals surface area contributed by atoms with E-state index in [1.807, 2.05) is 6.92 Å². The number of hydrogen-bond donors (Lipinski definition) is 2. The molecule has 3 N–H and O–H groups in total. The normalized spacial score (nSPS) is 13.8. The fourth-order valence-electron chi connectivity index (χ4n) is 1.51. The SMILES string of the molecule is CCCc1cc(=O)[nH]c(SCC(C)(N)C(=O)OCC)n1. The summed E-state index contributed by atoms with van der Waals surface area (Å²) in [6.45, 7) is 5.64. The Hall–Kier alpha value is -1.34. The Morgan fingerprint density at radius 3 is 2.85 bits per heavy atom. The Balaban J connectivity index is 2.74. The van der Waals surface area contributed by atoms with Crippen LogP contribution in [0.2, 0.25) is 0 Å². The van der Waals surface area contributed by atoms with Crippen molar-refractivity contribution in [2.45, 2.75) is 44.3 Å². The third-order valence-electron chi connectivity index (χ3n) is 2.53. The molecule has 0 aromatic carbocycles. The van der Waals surface area contributed by atoms with Crippen LogP contribution in [0, 0.1) is 0 Å². The van der Waals surface area contributed by atoms with E-state index in [4.69, 9.17) is 10.5 Å². The molecule has 0 amide bonds. The molecule has 0 aliphatic rings. The second kappa shape index (κ2) is 7.44. The fraction of sp³-hybridized carbons (Fsp3) is 0.615. The van der Waals surface area contributed by atoms with Gasteiger partial charge in [0.1, 0.15) is 5.54 Å². The van der Waals surface area contributed by atoms with Gasteiger partial charge < -0.3 is 15.5 Å². The van der Waals surface area contributed by atoms with Crippen molar-refractivity contribution in [3.05, 3.63) is 22.1 Å². The molecule has 0 saturated heterocycles. The Morgan fingerprint density at radius 2 is 2.25 bits per heavy atom. The van der Waals surface area contributed by atoms with Crippen molar-refractivity contribution >= 4 is 17.7 Å². The number of rotatable bonds is 7. The maximum atomic E-state index is 11.7. The molecule has 0 radical (unpaired) electrons. The standard InChI is InChI=1S/C13H21N3O3S/c1-4-6-9-7-10(17)16-12(15-9)20-8-13(3,14)11(18)19-5-2/h7H,4-6,8,14H2,1-3H3,(H,15,16,17). The number of nitrogens with zero attached hydrogens (tertiary/aromatic N) is 1. The van der Waals surface area contributed by atoms with Crippen molar-refractivity contribution in [2.24, 2.45) is 5.73 Å². The number of aryl methyl sites for hydroxylation is 1. The Bertz CT molecular complexity index is 514. The van der Waals surface area contributed by atoms with Gasteiger partial charge in [-0.25, -0.2) is 4.98 Å². The minimum atomic E-state index is -1.11. The molecule has 0 aliphatic heterocycles. The van der Waals surface area contributed by atoms with Crippen LogP contribution in [0.3, 0.4) is 0 Å². The minimum Gasteiger partial charge on any atom is -0.465 e. The zero-order valence-corrected chi connectivity index (χ0v) is 12.9. The van der Waals surface area contributed by atoms with E-state index in [0.29, 0.717) is 5.16 Å². The maximum Gasteiger partial charge on any atom is 0.326 e. The second-order valence-electron chi connectivity index (χ2n) is 4.72. The zero-order valence-electron chi connectivity index (χ0n) is 12.1. The van der Waals surface area contributed by atoms with Crippen LogP contribution in [0.15, 0.2) is 16.0 Å². The smallest absolute Gasteiger partial charge is 0.326 e. The number of ether oxygens (including phenoxy) is 1. The Labute approximate surface area is 122 Å².